The Morgan fingerprint density at radius 1 is 1.37 bits per heavy atom. The first-order valence-corrected chi connectivity index (χ1v) is 5.62. The number of hydrogen-bond donors (Lipinski definition) is 2. The lowest BCUT2D eigenvalue weighted by Gasteiger charge is -2.31. The molecule has 1 aromatic heterocycles. The Hall–Kier alpha value is -1.86. The van der Waals surface area contributed by atoms with E-state index in [0.717, 1.165) is 12.1 Å². The molecular formula is C12H13F2N3O2. The van der Waals surface area contributed by atoms with Crippen molar-refractivity contribution >= 4 is 0 Å². The maximum Gasteiger partial charge on any atom is 0.140 e. The number of benzene rings is 1. The first-order valence-electron chi connectivity index (χ1n) is 5.62. The van der Waals surface area contributed by atoms with Gasteiger partial charge in [0.1, 0.15) is 29.9 Å². The van der Waals surface area contributed by atoms with Gasteiger partial charge in [0, 0.05) is 0 Å². The number of nitrogens with zero attached hydrogens (tertiary/aromatic N) is 3. The zero-order valence-electron chi connectivity index (χ0n) is 10.2. The van der Waals surface area contributed by atoms with E-state index in [1.165, 1.54) is 30.3 Å². The lowest BCUT2D eigenvalue weighted by Crippen LogP contribution is -2.43. The molecule has 1 heterocycles. The highest BCUT2D eigenvalue weighted by molar-refractivity contribution is 5.27. The smallest absolute Gasteiger partial charge is 0.140 e. The predicted octanol–water partition coefficient (Wildman–Crippen LogP) is 0.825. The monoisotopic (exact) mass is 269 g/mol. The molecule has 0 saturated heterocycles. The number of halogens is 2. The van der Waals surface area contributed by atoms with Crippen LogP contribution in [0.4, 0.5) is 8.78 Å². The fourth-order valence-corrected chi connectivity index (χ4v) is 1.89. The summed E-state index contributed by atoms with van der Waals surface area (Å²) in [7, 11) is 0. The Morgan fingerprint density at radius 2 is 2.00 bits per heavy atom. The molecule has 1 aromatic carbocycles. The summed E-state index contributed by atoms with van der Waals surface area (Å²) in [5.74, 6) is -1.85. The molecule has 0 aliphatic carbocycles. The minimum atomic E-state index is -2.14. The van der Waals surface area contributed by atoms with Crippen LogP contribution in [-0.4, -0.2) is 31.1 Å². The van der Waals surface area contributed by atoms with Crippen LogP contribution in [0.3, 0.4) is 0 Å². The summed E-state index contributed by atoms with van der Waals surface area (Å²) in [4.78, 5) is 3.68. The van der Waals surface area contributed by atoms with Crippen molar-refractivity contribution in [3.05, 3.63) is 48.1 Å². The van der Waals surface area contributed by atoms with Crippen LogP contribution in [0.25, 0.3) is 0 Å². The predicted molar refractivity (Wildman–Crippen MR) is 62.0 cm³/mol. The van der Waals surface area contributed by atoms with E-state index in [0.29, 0.717) is 0 Å². The van der Waals surface area contributed by atoms with Crippen molar-refractivity contribution in [2.75, 3.05) is 0 Å². The van der Waals surface area contributed by atoms with Gasteiger partial charge in [-0.15, -0.1) is 0 Å². The van der Waals surface area contributed by atoms with Gasteiger partial charge in [-0.2, -0.15) is 5.10 Å². The molecule has 19 heavy (non-hydrogen) atoms. The lowest BCUT2D eigenvalue weighted by atomic mass is 9.88. The number of aliphatic hydroxyl groups excluding tert-OH is 1. The highest BCUT2D eigenvalue weighted by Gasteiger charge is 2.40. The van der Waals surface area contributed by atoms with Crippen molar-refractivity contribution in [1.82, 2.24) is 14.8 Å². The fourth-order valence-electron chi connectivity index (χ4n) is 1.89. The summed E-state index contributed by atoms with van der Waals surface area (Å²) in [6, 6.07) is 3.23. The van der Waals surface area contributed by atoms with Gasteiger partial charge in [0.15, 0.2) is 0 Å². The molecule has 0 amide bonds. The van der Waals surface area contributed by atoms with E-state index in [2.05, 4.69) is 10.1 Å². The summed E-state index contributed by atoms with van der Waals surface area (Å²) in [5, 5.41) is 24.0. The molecule has 0 spiro atoms. The van der Waals surface area contributed by atoms with Gasteiger partial charge in [0.05, 0.1) is 18.2 Å². The number of rotatable bonds is 4. The molecular weight excluding hydrogens is 256 g/mol. The average molecular weight is 269 g/mol. The van der Waals surface area contributed by atoms with Gasteiger partial charge in [0.2, 0.25) is 0 Å². The van der Waals surface area contributed by atoms with Crippen LogP contribution in [-0.2, 0) is 12.1 Å². The summed E-state index contributed by atoms with van der Waals surface area (Å²) in [5.41, 5.74) is -2.72. The first-order chi connectivity index (χ1) is 8.95. The second-order valence-electron chi connectivity index (χ2n) is 4.29. The van der Waals surface area contributed by atoms with Crippen molar-refractivity contribution < 1.29 is 19.0 Å². The third-order valence-electron chi connectivity index (χ3n) is 2.96. The van der Waals surface area contributed by atoms with Gasteiger partial charge in [-0.3, -0.25) is 0 Å². The standard InChI is InChI=1S/C12H13F2N3O2/c1-8(18)12(19,5-17-7-15-6-16-17)11-9(13)3-2-4-10(11)14/h2-4,6-8,18-19H,5H2,1H3/t8-,12-/m1/s1. The molecule has 2 aromatic rings. The number of aromatic nitrogens is 3. The van der Waals surface area contributed by atoms with E-state index in [4.69, 9.17) is 0 Å². The van der Waals surface area contributed by atoms with Gasteiger partial charge in [-0.25, -0.2) is 18.4 Å². The molecule has 0 unspecified atom stereocenters. The zero-order chi connectivity index (χ0) is 14.0. The number of aliphatic hydroxyl groups is 2. The molecule has 0 bridgehead atoms. The molecule has 0 saturated carbocycles. The highest BCUT2D eigenvalue weighted by Crippen LogP contribution is 2.31. The molecule has 7 heteroatoms. The maximum atomic E-state index is 13.8. The summed E-state index contributed by atoms with van der Waals surface area (Å²) in [6.07, 6.45) is 1.11. The first kappa shape index (κ1) is 13.6. The van der Waals surface area contributed by atoms with Crippen LogP contribution >= 0.6 is 0 Å². The van der Waals surface area contributed by atoms with Gasteiger partial charge in [-0.05, 0) is 19.1 Å². The Bertz CT molecular complexity index is 540. The average Bonchev–Trinajstić information content (AvgIpc) is 2.81. The van der Waals surface area contributed by atoms with E-state index < -0.39 is 28.9 Å². The summed E-state index contributed by atoms with van der Waals surface area (Å²) < 4.78 is 28.7. The Balaban J connectivity index is 2.50. The van der Waals surface area contributed by atoms with Crippen LogP contribution in [0.15, 0.2) is 30.9 Å². The van der Waals surface area contributed by atoms with Crippen molar-refractivity contribution in [3.8, 4) is 0 Å². The van der Waals surface area contributed by atoms with Crippen LogP contribution in [0.1, 0.15) is 12.5 Å². The molecule has 5 nitrogen and oxygen atoms in total. The third kappa shape index (κ3) is 2.47. The Labute approximate surface area is 108 Å². The quantitative estimate of drug-likeness (QED) is 0.862. The van der Waals surface area contributed by atoms with E-state index in [1.54, 1.807) is 0 Å². The summed E-state index contributed by atoms with van der Waals surface area (Å²) in [6.45, 7) is 0.936. The lowest BCUT2D eigenvalue weighted by molar-refractivity contribution is -0.0895. The van der Waals surface area contributed by atoms with Crippen molar-refractivity contribution in [3.63, 3.8) is 0 Å². The molecule has 102 valence electrons. The largest absolute Gasteiger partial charge is 0.390 e. The van der Waals surface area contributed by atoms with Crippen LogP contribution in [0, 0.1) is 11.6 Å². The second kappa shape index (κ2) is 5.02. The fraction of sp³-hybridized carbons (Fsp3) is 0.333. The molecule has 0 fully saturated rings. The maximum absolute atomic E-state index is 13.8. The van der Waals surface area contributed by atoms with Gasteiger partial charge >= 0.3 is 0 Å². The molecule has 2 rings (SSSR count). The molecule has 0 aliphatic heterocycles. The van der Waals surface area contributed by atoms with Gasteiger partial charge < -0.3 is 10.2 Å². The van der Waals surface area contributed by atoms with Crippen molar-refractivity contribution in [1.29, 1.82) is 0 Å². The van der Waals surface area contributed by atoms with Crippen LogP contribution in [0.5, 0.6) is 0 Å². The van der Waals surface area contributed by atoms with E-state index in [9.17, 15) is 19.0 Å². The molecule has 2 N–H and O–H groups in total. The van der Waals surface area contributed by atoms with E-state index >= 15 is 0 Å². The number of hydrogen-bond acceptors (Lipinski definition) is 4. The SMILES string of the molecule is C[C@@H](O)[C@](O)(Cn1cncn1)c1c(F)cccc1F. The third-order valence-corrected chi connectivity index (χ3v) is 2.96. The normalized spacial score (nSPS) is 16.1. The topological polar surface area (TPSA) is 71.2 Å². The molecule has 0 radical (unpaired) electrons. The molecule has 0 aliphatic rings. The van der Waals surface area contributed by atoms with Crippen LogP contribution < -0.4 is 0 Å². The van der Waals surface area contributed by atoms with Gasteiger partial charge in [0.25, 0.3) is 0 Å². The second-order valence-corrected chi connectivity index (χ2v) is 4.29. The Kier molecular flexibility index (Phi) is 3.59. The van der Waals surface area contributed by atoms with E-state index in [1.807, 2.05) is 0 Å². The minimum Gasteiger partial charge on any atom is -0.390 e. The van der Waals surface area contributed by atoms with E-state index in [-0.39, 0.29) is 6.54 Å². The minimum absolute atomic E-state index is 0.317. The highest BCUT2D eigenvalue weighted by atomic mass is 19.1. The van der Waals surface area contributed by atoms with Crippen molar-refractivity contribution in [2.24, 2.45) is 0 Å². The summed E-state index contributed by atoms with van der Waals surface area (Å²) >= 11 is 0. The molecule has 2 atom stereocenters. The Morgan fingerprint density at radius 3 is 2.47 bits per heavy atom. The zero-order valence-corrected chi connectivity index (χ0v) is 10.2. The van der Waals surface area contributed by atoms with Crippen molar-refractivity contribution in [2.45, 2.75) is 25.2 Å². The van der Waals surface area contributed by atoms with Crippen LogP contribution in [0.2, 0.25) is 0 Å². The van der Waals surface area contributed by atoms with Gasteiger partial charge in [-0.1, -0.05) is 6.07 Å².